The molecule has 0 aliphatic carbocycles. The molecule has 0 atom stereocenters. The van der Waals surface area contributed by atoms with Gasteiger partial charge in [-0.05, 0) is 31.4 Å². The van der Waals surface area contributed by atoms with Crippen LogP contribution in [0.1, 0.15) is 27.2 Å². The van der Waals surface area contributed by atoms with Gasteiger partial charge in [-0.2, -0.15) is 0 Å². The second-order valence-electron chi connectivity index (χ2n) is 2.51. The second kappa shape index (κ2) is 2.34. The Labute approximate surface area is 56.5 Å². The van der Waals surface area contributed by atoms with Gasteiger partial charge in [-0.25, -0.2) is 0 Å². The molecule has 9 heavy (non-hydrogen) atoms. The average molecular weight is 123 g/mol. The lowest BCUT2D eigenvalue weighted by Gasteiger charge is -1.97. The zero-order valence-corrected chi connectivity index (χ0v) is 6.36. The number of rotatable bonds is 1. The van der Waals surface area contributed by atoms with Crippen LogP contribution in [0.25, 0.3) is 0 Å². The van der Waals surface area contributed by atoms with Gasteiger partial charge < -0.3 is 0 Å². The fourth-order valence-corrected chi connectivity index (χ4v) is 1.29. The molecule has 1 nitrogen and oxygen atoms in total. The van der Waals surface area contributed by atoms with Crippen molar-refractivity contribution >= 4 is 5.71 Å². The average Bonchev–Trinajstić information content (AvgIpc) is 2.12. The summed E-state index contributed by atoms with van der Waals surface area (Å²) in [7, 11) is 0. The van der Waals surface area contributed by atoms with Crippen LogP contribution in [0.3, 0.4) is 0 Å². The summed E-state index contributed by atoms with van der Waals surface area (Å²) in [6.45, 7) is 7.38. The Morgan fingerprint density at radius 1 is 1.44 bits per heavy atom. The molecule has 1 aliphatic rings. The van der Waals surface area contributed by atoms with E-state index in [2.05, 4.69) is 25.8 Å². The lowest BCUT2D eigenvalue weighted by Crippen LogP contribution is -1.91. The molecule has 1 heterocycles. The first kappa shape index (κ1) is 6.53. The van der Waals surface area contributed by atoms with Crippen LogP contribution in [0.5, 0.6) is 0 Å². The van der Waals surface area contributed by atoms with Gasteiger partial charge in [-0.15, -0.1) is 0 Å². The Morgan fingerprint density at radius 2 is 2.11 bits per heavy atom. The summed E-state index contributed by atoms with van der Waals surface area (Å²) in [5.74, 6) is 0. The molecule has 0 saturated carbocycles. The molecule has 0 unspecified atom stereocenters. The molecule has 1 heteroatoms. The Kier molecular flexibility index (Phi) is 1.70. The highest BCUT2D eigenvalue weighted by Crippen LogP contribution is 2.16. The van der Waals surface area contributed by atoms with Gasteiger partial charge in [-0.1, -0.05) is 6.92 Å². The number of hydrogen-bond donors (Lipinski definition) is 0. The standard InChI is InChI=1S/C8H13N/c1-4-8-6(2)5-9-7(8)3/h4-5H2,1-3H3. The van der Waals surface area contributed by atoms with E-state index < -0.39 is 0 Å². The lowest BCUT2D eigenvalue weighted by molar-refractivity contribution is 1.11. The van der Waals surface area contributed by atoms with Crippen molar-refractivity contribution in [2.45, 2.75) is 27.2 Å². The first-order valence-electron chi connectivity index (χ1n) is 3.45. The number of allylic oxidation sites excluding steroid dienone is 1. The normalized spacial score (nSPS) is 18.8. The van der Waals surface area contributed by atoms with Crippen LogP contribution in [0.4, 0.5) is 0 Å². The van der Waals surface area contributed by atoms with Crippen LogP contribution in [0.2, 0.25) is 0 Å². The highest BCUT2D eigenvalue weighted by molar-refractivity contribution is 6.00. The fraction of sp³-hybridized carbons (Fsp3) is 0.625. The largest absolute Gasteiger partial charge is 0.285 e. The molecule has 1 aliphatic heterocycles. The summed E-state index contributed by atoms with van der Waals surface area (Å²) in [5.41, 5.74) is 4.17. The van der Waals surface area contributed by atoms with Gasteiger partial charge in [0.25, 0.3) is 0 Å². The van der Waals surface area contributed by atoms with Gasteiger partial charge in [-0.3, -0.25) is 4.99 Å². The third-order valence-corrected chi connectivity index (χ3v) is 1.86. The van der Waals surface area contributed by atoms with Crippen LogP contribution in [-0.2, 0) is 0 Å². The highest BCUT2D eigenvalue weighted by atomic mass is 14.8. The second-order valence-corrected chi connectivity index (χ2v) is 2.51. The molecule has 0 aromatic rings. The first-order valence-corrected chi connectivity index (χ1v) is 3.45. The molecular formula is C8H13N. The Hall–Kier alpha value is -0.590. The van der Waals surface area contributed by atoms with E-state index in [-0.39, 0.29) is 0 Å². The minimum absolute atomic E-state index is 0.939. The lowest BCUT2D eigenvalue weighted by atomic mass is 10.1. The maximum absolute atomic E-state index is 4.31. The third-order valence-electron chi connectivity index (χ3n) is 1.86. The van der Waals surface area contributed by atoms with E-state index in [1.807, 2.05) is 0 Å². The van der Waals surface area contributed by atoms with Crippen molar-refractivity contribution < 1.29 is 0 Å². The molecule has 0 amide bonds. The van der Waals surface area contributed by atoms with E-state index in [4.69, 9.17) is 0 Å². The quantitative estimate of drug-likeness (QED) is 0.507. The zero-order valence-electron chi connectivity index (χ0n) is 6.36. The maximum Gasteiger partial charge on any atom is 0.0606 e. The van der Waals surface area contributed by atoms with E-state index in [9.17, 15) is 0 Å². The summed E-state index contributed by atoms with van der Waals surface area (Å²) < 4.78 is 0. The van der Waals surface area contributed by atoms with Gasteiger partial charge in [0.15, 0.2) is 0 Å². The molecule has 0 radical (unpaired) electrons. The van der Waals surface area contributed by atoms with Gasteiger partial charge in [0.2, 0.25) is 0 Å². The van der Waals surface area contributed by atoms with Crippen LogP contribution in [-0.4, -0.2) is 12.3 Å². The minimum atomic E-state index is 0.939. The van der Waals surface area contributed by atoms with Crippen LogP contribution in [0.15, 0.2) is 16.1 Å². The molecule has 0 fully saturated rings. The summed E-state index contributed by atoms with van der Waals surface area (Å²) >= 11 is 0. The number of nitrogens with zero attached hydrogens (tertiary/aromatic N) is 1. The van der Waals surface area contributed by atoms with Gasteiger partial charge in [0, 0.05) is 5.71 Å². The summed E-state index contributed by atoms with van der Waals surface area (Å²) in [5, 5.41) is 0. The summed E-state index contributed by atoms with van der Waals surface area (Å²) in [4.78, 5) is 4.31. The predicted molar refractivity (Wildman–Crippen MR) is 41.0 cm³/mol. The first-order chi connectivity index (χ1) is 4.25. The van der Waals surface area contributed by atoms with E-state index in [0.29, 0.717) is 0 Å². The van der Waals surface area contributed by atoms with E-state index in [0.717, 1.165) is 13.0 Å². The SMILES string of the molecule is CCC1=C(C)CN=C1C. The third kappa shape index (κ3) is 1.04. The minimum Gasteiger partial charge on any atom is -0.285 e. The van der Waals surface area contributed by atoms with E-state index in [1.165, 1.54) is 16.9 Å². The van der Waals surface area contributed by atoms with Gasteiger partial charge >= 0.3 is 0 Å². The van der Waals surface area contributed by atoms with E-state index >= 15 is 0 Å². The number of hydrogen-bond acceptors (Lipinski definition) is 1. The monoisotopic (exact) mass is 123 g/mol. The predicted octanol–water partition coefficient (Wildman–Crippen LogP) is 2.19. The summed E-state index contributed by atoms with van der Waals surface area (Å²) in [6.07, 6.45) is 1.14. The molecule has 0 aromatic heterocycles. The molecule has 0 saturated heterocycles. The Balaban J connectivity index is 2.83. The van der Waals surface area contributed by atoms with Crippen molar-refractivity contribution in [3.63, 3.8) is 0 Å². The van der Waals surface area contributed by atoms with Gasteiger partial charge in [0.1, 0.15) is 0 Å². The smallest absolute Gasteiger partial charge is 0.0606 e. The van der Waals surface area contributed by atoms with Crippen molar-refractivity contribution in [3.05, 3.63) is 11.1 Å². The van der Waals surface area contributed by atoms with Crippen molar-refractivity contribution in [3.8, 4) is 0 Å². The molecule has 0 aromatic carbocycles. The van der Waals surface area contributed by atoms with Crippen LogP contribution < -0.4 is 0 Å². The van der Waals surface area contributed by atoms with Crippen molar-refractivity contribution in [1.82, 2.24) is 0 Å². The van der Waals surface area contributed by atoms with Crippen molar-refractivity contribution in [1.29, 1.82) is 0 Å². The maximum atomic E-state index is 4.31. The highest BCUT2D eigenvalue weighted by Gasteiger charge is 2.08. The summed E-state index contributed by atoms with van der Waals surface area (Å²) in [6, 6.07) is 0. The van der Waals surface area contributed by atoms with Crippen molar-refractivity contribution in [2.24, 2.45) is 4.99 Å². The zero-order chi connectivity index (χ0) is 6.85. The fourth-order valence-electron chi connectivity index (χ4n) is 1.29. The Morgan fingerprint density at radius 3 is 2.33 bits per heavy atom. The van der Waals surface area contributed by atoms with Crippen LogP contribution in [0, 0.1) is 0 Å². The molecular weight excluding hydrogens is 110 g/mol. The molecule has 0 N–H and O–H groups in total. The topological polar surface area (TPSA) is 12.4 Å². The molecule has 50 valence electrons. The molecule has 0 bridgehead atoms. The van der Waals surface area contributed by atoms with Gasteiger partial charge in [0.05, 0.1) is 6.54 Å². The molecule has 0 spiro atoms. The Bertz CT molecular complexity index is 175. The van der Waals surface area contributed by atoms with Crippen molar-refractivity contribution in [2.75, 3.05) is 6.54 Å². The van der Waals surface area contributed by atoms with Crippen LogP contribution >= 0.6 is 0 Å². The number of aliphatic imine (C=N–C) groups is 1. The molecule has 1 rings (SSSR count). The van der Waals surface area contributed by atoms with E-state index in [1.54, 1.807) is 0 Å².